The van der Waals surface area contributed by atoms with Crippen molar-refractivity contribution in [3.63, 3.8) is 0 Å². The van der Waals surface area contributed by atoms with E-state index in [9.17, 15) is 4.79 Å². The quantitative estimate of drug-likeness (QED) is 0.215. The fourth-order valence-corrected chi connectivity index (χ4v) is 3.71. The van der Waals surface area contributed by atoms with Gasteiger partial charge in [-0.3, -0.25) is 4.79 Å². The third kappa shape index (κ3) is 7.85. The van der Waals surface area contributed by atoms with Gasteiger partial charge in [0.2, 0.25) is 11.9 Å². The lowest BCUT2D eigenvalue weighted by molar-refractivity contribution is 0.0957. The zero-order chi connectivity index (χ0) is 27.5. The molecule has 0 atom stereocenters. The van der Waals surface area contributed by atoms with Crippen molar-refractivity contribution in [1.29, 1.82) is 0 Å². The van der Waals surface area contributed by atoms with Crippen molar-refractivity contribution in [2.75, 3.05) is 31.0 Å². The summed E-state index contributed by atoms with van der Waals surface area (Å²) in [6, 6.07) is 23.0. The third-order valence-electron chi connectivity index (χ3n) is 5.72. The van der Waals surface area contributed by atoms with Gasteiger partial charge in [0, 0.05) is 19.2 Å². The first-order valence-corrected chi connectivity index (χ1v) is 12.8. The molecule has 0 saturated carbocycles. The van der Waals surface area contributed by atoms with Crippen LogP contribution < -0.4 is 24.8 Å². The summed E-state index contributed by atoms with van der Waals surface area (Å²) in [6.07, 6.45) is 3.20. The highest BCUT2D eigenvalue weighted by atomic mass is 16.5. The van der Waals surface area contributed by atoms with E-state index < -0.39 is 0 Å². The molecule has 0 aliphatic heterocycles. The average Bonchev–Trinajstić information content (AvgIpc) is 3.39. The Hall–Kier alpha value is -4.79. The molecular formula is C30H33N5O4. The summed E-state index contributed by atoms with van der Waals surface area (Å²) in [7, 11) is 1.61. The molecule has 1 aromatic heterocycles. The Labute approximate surface area is 228 Å². The van der Waals surface area contributed by atoms with Gasteiger partial charge in [-0.15, -0.1) is 5.10 Å². The van der Waals surface area contributed by atoms with Gasteiger partial charge in [0.05, 0.1) is 20.3 Å². The zero-order valence-electron chi connectivity index (χ0n) is 22.4. The van der Waals surface area contributed by atoms with Crippen molar-refractivity contribution < 1.29 is 19.0 Å². The second-order valence-corrected chi connectivity index (χ2v) is 8.48. The first kappa shape index (κ1) is 27.3. The summed E-state index contributed by atoms with van der Waals surface area (Å²) in [5, 5.41) is 10.9. The van der Waals surface area contributed by atoms with Crippen molar-refractivity contribution in [2.45, 2.75) is 26.9 Å². The van der Waals surface area contributed by atoms with E-state index in [4.69, 9.17) is 14.2 Å². The van der Waals surface area contributed by atoms with E-state index in [2.05, 4.69) is 20.7 Å². The standard InChI is InChI=1S/C30H33N5O4/c1-4-38-26-15-8-23(9-16-26)20-31-29-33-30(32-21-24-10-17-27(18-11-24)39-5-2)35(34-29)28(36)19-12-22-6-13-25(37-3)14-7-22/h6-19H,4-5,20-21H2,1-3H3,(H2,31,32,33,34). The van der Waals surface area contributed by atoms with E-state index in [1.165, 1.54) is 10.8 Å². The van der Waals surface area contributed by atoms with Gasteiger partial charge < -0.3 is 24.8 Å². The topological polar surface area (TPSA) is 99.5 Å². The van der Waals surface area contributed by atoms with Crippen LogP contribution in [0, 0.1) is 0 Å². The smallest absolute Gasteiger partial charge is 0.274 e. The largest absolute Gasteiger partial charge is 0.497 e. The molecule has 1 heterocycles. The molecule has 2 N–H and O–H groups in total. The maximum absolute atomic E-state index is 13.1. The van der Waals surface area contributed by atoms with Crippen molar-refractivity contribution in [2.24, 2.45) is 0 Å². The highest BCUT2D eigenvalue weighted by Crippen LogP contribution is 2.17. The van der Waals surface area contributed by atoms with E-state index in [0.717, 1.165) is 33.9 Å². The number of ether oxygens (including phenoxy) is 3. The van der Waals surface area contributed by atoms with Crippen molar-refractivity contribution in [3.05, 3.63) is 95.6 Å². The molecule has 4 aromatic rings. The SMILES string of the molecule is CCOc1ccc(CNc2nc(NCc3ccc(OCC)cc3)n(C(=O)C=Cc3ccc(OC)cc3)n2)cc1. The molecule has 0 radical (unpaired) electrons. The molecule has 0 saturated heterocycles. The van der Waals surface area contributed by atoms with Crippen LogP contribution in [0.15, 0.2) is 78.9 Å². The predicted molar refractivity (Wildman–Crippen MR) is 153 cm³/mol. The normalized spacial score (nSPS) is 10.8. The Morgan fingerprint density at radius 3 is 1.87 bits per heavy atom. The van der Waals surface area contributed by atoms with E-state index in [1.807, 2.05) is 86.6 Å². The van der Waals surface area contributed by atoms with E-state index in [1.54, 1.807) is 13.2 Å². The van der Waals surface area contributed by atoms with Crippen LogP contribution in [0.2, 0.25) is 0 Å². The minimum absolute atomic E-state index is 0.332. The Morgan fingerprint density at radius 2 is 1.33 bits per heavy atom. The lowest BCUT2D eigenvalue weighted by Crippen LogP contribution is -2.14. The molecule has 0 amide bonds. The summed E-state index contributed by atoms with van der Waals surface area (Å²) in [6.45, 7) is 6.07. The molecule has 9 heteroatoms. The second kappa shape index (κ2) is 13.7. The van der Waals surface area contributed by atoms with Gasteiger partial charge in [-0.1, -0.05) is 36.4 Å². The lowest BCUT2D eigenvalue weighted by atomic mass is 10.2. The van der Waals surface area contributed by atoms with Crippen LogP contribution in [0.5, 0.6) is 17.2 Å². The first-order chi connectivity index (χ1) is 19.1. The van der Waals surface area contributed by atoms with Gasteiger partial charge in [-0.25, -0.2) is 0 Å². The van der Waals surface area contributed by atoms with Crippen molar-refractivity contribution in [3.8, 4) is 17.2 Å². The fraction of sp³-hybridized carbons (Fsp3) is 0.233. The molecule has 0 fully saturated rings. The zero-order valence-corrected chi connectivity index (χ0v) is 22.4. The Bertz CT molecular complexity index is 1360. The number of hydrogen-bond acceptors (Lipinski definition) is 8. The number of anilines is 2. The van der Waals surface area contributed by atoms with Crippen molar-refractivity contribution in [1.82, 2.24) is 14.8 Å². The number of carbonyl (C=O) groups excluding carboxylic acids is 1. The number of rotatable bonds is 13. The lowest BCUT2D eigenvalue weighted by Gasteiger charge is -2.07. The van der Waals surface area contributed by atoms with Crippen LogP contribution in [-0.2, 0) is 13.1 Å². The molecule has 4 rings (SSSR count). The highest BCUT2D eigenvalue weighted by molar-refractivity contribution is 5.94. The van der Waals surface area contributed by atoms with E-state index in [0.29, 0.717) is 38.2 Å². The molecule has 0 aliphatic rings. The summed E-state index contributed by atoms with van der Waals surface area (Å²) < 4.78 is 17.5. The van der Waals surface area contributed by atoms with Gasteiger partial charge in [0.1, 0.15) is 17.2 Å². The fourth-order valence-electron chi connectivity index (χ4n) is 3.71. The molecule has 0 spiro atoms. The number of carbonyl (C=O) groups is 1. The van der Waals surface area contributed by atoms with Gasteiger partial charge in [0.25, 0.3) is 5.91 Å². The van der Waals surface area contributed by atoms with Crippen LogP contribution >= 0.6 is 0 Å². The van der Waals surface area contributed by atoms with Crippen LogP contribution in [0.1, 0.15) is 35.3 Å². The molecule has 0 bridgehead atoms. The summed E-state index contributed by atoms with van der Waals surface area (Å²) in [5.74, 6) is 2.72. The minimum atomic E-state index is -0.332. The highest BCUT2D eigenvalue weighted by Gasteiger charge is 2.15. The summed E-state index contributed by atoms with van der Waals surface area (Å²) >= 11 is 0. The number of benzene rings is 3. The van der Waals surface area contributed by atoms with Crippen molar-refractivity contribution >= 4 is 23.9 Å². The van der Waals surface area contributed by atoms with Gasteiger partial charge in [-0.2, -0.15) is 9.67 Å². The van der Waals surface area contributed by atoms with E-state index >= 15 is 0 Å². The van der Waals surface area contributed by atoms with Crippen LogP contribution in [0.4, 0.5) is 11.9 Å². The minimum Gasteiger partial charge on any atom is -0.497 e. The van der Waals surface area contributed by atoms with Crippen LogP contribution in [0.3, 0.4) is 0 Å². The second-order valence-electron chi connectivity index (χ2n) is 8.48. The molecule has 202 valence electrons. The molecular weight excluding hydrogens is 494 g/mol. The first-order valence-electron chi connectivity index (χ1n) is 12.8. The average molecular weight is 528 g/mol. The Morgan fingerprint density at radius 1 is 0.795 bits per heavy atom. The third-order valence-corrected chi connectivity index (χ3v) is 5.72. The molecule has 39 heavy (non-hydrogen) atoms. The van der Waals surface area contributed by atoms with Gasteiger partial charge >= 0.3 is 0 Å². The summed E-state index contributed by atoms with van der Waals surface area (Å²) in [5.41, 5.74) is 2.91. The number of aromatic nitrogens is 3. The number of hydrogen-bond donors (Lipinski definition) is 2. The molecule has 3 aromatic carbocycles. The number of allylic oxidation sites excluding steroid dienone is 1. The Balaban J connectivity index is 1.49. The molecule has 0 unspecified atom stereocenters. The number of methoxy groups -OCH3 is 1. The molecule has 0 aliphatic carbocycles. The Kier molecular flexibility index (Phi) is 9.55. The monoisotopic (exact) mass is 527 g/mol. The van der Waals surface area contributed by atoms with Crippen LogP contribution in [0.25, 0.3) is 6.08 Å². The predicted octanol–water partition coefficient (Wildman–Crippen LogP) is 5.66. The maximum Gasteiger partial charge on any atom is 0.274 e. The number of nitrogens with one attached hydrogen (secondary N) is 2. The van der Waals surface area contributed by atoms with E-state index in [-0.39, 0.29) is 5.91 Å². The number of nitrogens with zero attached hydrogens (tertiary/aromatic N) is 3. The molecule has 9 nitrogen and oxygen atoms in total. The van der Waals surface area contributed by atoms with Crippen LogP contribution in [-0.4, -0.2) is 41.0 Å². The summed E-state index contributed by atoms with van der Waals surface area (Å²) in [4.78, 5) is 17.7. The maximum atomic E-state index is 13.1. The van der Waals surface area contributed by atoms with Gasteiger partial charge in [-0.05, 0) is 73.0 Å². The van der Waals surface area contributed by atoms with Gasteiger partial charge in [0.15, 0.2) is 0 Å².